The van der Waals surface area contributed by atoms with Gasteiger partial charge in [-0.2, -0.15) is 0 Å². The number of amides is 2. The molecule has 0 aliphatic carbocycles. The Balaban J connectivity index is 1.40. The van der Waals surface area contributed by atoms with Gasteiger partial charge in [0, 0.05) is 11.4 Å². The molecule has 150 valence electrons. The summed E-state index contributed by atoms with van der Waals surface area (Å²) in [6.07, 6.45) is 0. The van der Waals surface area contributed by atoms with Crippen LogP contribution in [0.15, 0.2) is 57.2 Å². The van der Waals surface area contributed by atoms with E-state index < -0.39 is 0 Å². The van der Waals surface area contributed by atoms with E-state index in [4.69, 9.17) is 0 Å². The van der Waals surface area contributed by atoms with Crippen molar-refractivity contribution >= 4 is 58.0 Å². The Labute approximate surface area is 178 Å². The number of carbonyl (C=O) groups is 2. The van der Waals surface area contributed by atoms with Crippen LogP contribution >= 0.6 is 34.9 Å². The van der Waals surface area contributed by atoms with Gasteiger partial charge < -0.3 is 20.8 Å². The highest BCUT2D eigenvalue weighted by Gasteiger charge is 2.11. The number of anilines is 2. The van der Waals surface area contributed by atoms with Gasteiger partial charge in [-0.3, -0.25) is 9.59 Å². The van der Waals surface area contributed by atoms with Gasteiger partial charge in [0.1, 0.15) is 11.5 Å². The van der Waals surface area contributed by atoms with Crippen LogP contribution in [0, 0.1) is 0 Å². The highest BCUT2D eigenvalue weighted by molar-refractivity contribution is 8.03. The summed E-state index contributed by atoms with van der Waals surface area (Å²) in [5.74, 6) is 0.209. The molecule has 11 heteroatoms. The Morgan fingerprint density at radius 1 is 0.759 bits per heavy atom. The van der Waals surface area contributed by atoms with Gasteiger partial charge in [0.05, 0.1) is 11.5 Å². The predicted octanol–water partition coefficient (Wildman–Crippen LogP) is 3.41. The van der Waals surface area contributed by atoms with Crippen LogP contribution in [0.25, 0.3) is 0 Å². The molecule has 0 aliphatic heterocycles. The molecule has 0 saturated heterocycles. The number of nitrogens with zero attached hydrogens (tertiary/aromatic N) is 2. The van der Waals surface area contributed by atoms with Crippen LogP contribution in [-0.2, 0) is 9.59 Å². The fourth-order valence-corrected chi connectivity index (χ4v) is 4.67. The van der Waals surface area contributed by atoms with Crippen LogP contribution in [0.3, 0.4) is 0 Å². The molecular formula is C18H16N4O4S3. The van der Waals surface area contributed by atoms with Crippen LogP contribution in [-0.4, -0.2) is 43.7 Å². The Bertz CT molecular complexity index is 900. The molecule has 0 saturated carbocycles. The first-order valence-corrected chi connectivity index (χ1v) is 11.0. The van der Waals surface area contributed by atoms with Crippen molar-refractivity contribution in [1.82, 2.24) is 10.2 Å². The Kier molecular flexibility index (Phi) is 7.33. The average molecular weight is 449 g/mol. The second-order valence-electron chi connectivity index (χ2n) is 5.60. The smallest absolute Gasteiger partial charge is 0.234 e. The highest BCUT2D eigenvalue weighted by Crippen LogP contribution is 2.29. The second kappa shape index (κ2) is 10.1. The fraction of sp³-hybridized carbons (Fsp3) is 0.111. The van der Waals surface area contributed by atoms with Crippen LogP contribution in [0.5, 0.6) is 11.5 Å². The number of aromatic nitrogens is 2. The van der Waals surface area contributed by atoms with E-state index in [2.05, 4.69) is 20.8 Å². The normalized spacial score (nSPS) is 10.5. The molecule has 4 N–H and O–H groups in total. The molecule has 1 aromatic heterocycles. The Morgan fingerprint density at radius 3 is 1.52 bits per heavy atom. The van der Waals surface area contributed by atoms with E-state index in [1.807, 2.05) is 0 Å². The van der Waals surface area contributed by atoms with Gasteiger partial charge in [-0.1, -0.05) is 34.9 Å². The minimum Gasteiger partial charge on any atom is -0.508 e. The number of phenols is 2. The maximum atomic E-state index is 12.0. The molecule has 3 aromatic rings. The molecule has 0 spiro atoms. The Hall–Kier alpha value is -2.76. The quantitative estimate of drug-likeness (QED) is 0.305. The monoisotopic (exact) mass is 448 g/mol. The van der Waals surface area contributed by atoms with Crippen molar-refractivity contribution in [3.8, 4) is 11.5 Å². The number of rotatable bonds is 8. The maximum absolute atomic E-state index is 12.0. The topological polar surface area (TPSA) is 124 Å². The third-order valence-corrected chi connectivity index (χ3v) is 6.53. The molecule has 0 radical (unpaired) electrons. The van der Waals surface area contributed by atoms with Crippen molar-refractivity contribution in [2.24, 2.45) is 0 Å². The van der Waals surface area contributed by atoms with E-state index in [1.54, 1.807) is 24.3 Å². The minimum absolute atomic E-state index is 0.132. The predicted molar refractivity (Wildman–Crippen MR) is 115 cm³/mol. The van der Waals surface area contributed by atoms with Gasteiger partial charge >= 0.3 is 0 Å². The van der Waals surface area contributed by atoms with Gasteiger partial charge in [-0.25, -0.2) is 0 Å². The van der Waals surface area contributed by atoms with Crippen molar-refractivity contribution < 1.29 is 19.8 Å². The lowest BCUT2D eigenvalue weighted by atomic mass is 10.3. The summed E-state index contributed by atoms with van der Waals surface area (Å²) in [6, 6.07) is 12.4. The molecule has 2 amide bonds. The zero-order valence-electron chi connectivity index (χ0n) is 14.9. The molecule has 0 fully saturated rings. The van der Waals surface area contributed by atoms with Crippen molar-refractivity contribution in [3.05, 3.63) is 48.5 Å². The van der Waals surface area contributed by atoms with E-state index in [-0.39, 0.29) is 34.8 Å². The third kappa shape index (κ3) is 6.97. The molecule has 0 atom stereocenters. The van der Waals surface area contributed by atoms with Crippen LogP contribution in [0.2, 0.25) is 0 Å². The van der Waals surface area contributed by atoms with Crippen LogP contribution < -0.4 is 10.6 Å². The molecule has 3 rings (SSSR count). The van der Waals surface area contributed by atoms with Crippen molar-refractivity contribution in [1.29, 1.82) is 0 Å². The number of phenolic OH excluding ortho intramolecular Hbond substituents is 2. The standard InChI is InChI=1S/C18H16N4O4S3/c23-13-5-1-11(2-6-13)19-15(25)9-27-17-21-22-18(29-17)28-10-16(26)20-12-3-7-14(24)8-4-12/h1-8,23-24H,9-10H2,(H,19,25)(H,20,26). The van der Waals surface area contributed by atoms with Crippen molar-refractivity contribution in [2.45, 2.75) is 8.68 Å². The van der Waals surface area contributed by atoms with Gasteiger partial charge in [-0.15, -0.1) is 10.2 Å². The first-order valence-electron chi connectivity index (χ1n) is 8.25. The lowest BCUT2D eigenvalue weighted by Gasteiger charge is -2.04. The largest absolute Gasteiger partial charge is 0.508 e. The molecule has 8 nitrogen and oxygen atoms in total. The summed E-state index contributed by atoms with van der Waals surface area (Å²) in [7, 11) is 0. The zero-order valence-corrected chi connectivity index (χ0v) is 17.3. The average Bonchev–Trinajstić information content (AvgIpc) is 3.16. The van der Waals surface area contributed by atoms with Crippen molar-refractivity contribution in [3.63, 3.8) is 0 Å². The molecule has 0 bridgehead atoms. The summed E-state index contributed by atoms with van der Waals surface area (Å²) in [4.78, 5) is 24.0. The number of hydrogen-bond acceptors (Lipinski definition) is 9. The summed E-state index contributed by atoms with van der Waals surface area (Å²) < 4.78 is 1.26. The molecule has 1 heterocycles. The highest BCUT2D eigenvalue weighted by atomic mass is 32.2. The third-order valence-electron chi connectivity index (χ3n) is 3.34. The fourth-order valence-electron chi connectivity index (χ4n) is 2.05. The van der Waals surface area contributed by atoms with E-state index in [0.717, 1.165) is 0 Å². The zero-order chi connectivity index (χ0) is 20.6. The Morgan fingerprint density at radius 2 is 1.14 bits per heavy atom. The number of nitrogens with one attached hydrogen (secondary N) is 2. The van der Waals surface area contributed by atoms with Gasteiger partial charge in [-0.05, 0) is 48.5 Å². The van der Waals surface area contributed by atoms with E-state index >= 15 is 0 Å². The molecule has 29 heavy (non-hydrogen) atoms. The van der Waals surface area contributed by atoms with E-state index in [0.29, 0.717) is 20.1 Å². The number of carbonyl (C=O) groups excluding carboxylic acids is 2. The lowest BCUT2D eigenvalue weighted by molar-refractivity contribution is -0.114. The molecule has 0 unspecified atom stereocenters. The number of thioether (sulfide) groups is 2. The molecule has 0 aliphatic rings. The summed E-state index contributed by atoms with van der Waals surface area (Å²) in [6.45, 7) is 0. The number of hydrogen-bond donors (Lipinski definition) is 4. The van der Waals surface area contributed by atoms with E-state index in [9.17, 15) is 19.8 Å². The van der Waals surface area contributed by atoms with E-state index in [1.165, 1.54) is 59.1 Å². The number of aromatic hydroxyl groups is 2. The SMILES string of the molecule is O=C(CSc1nnc(SCC(=O)Nc2ccc(O)cc2)s1)Nc1ccc(O)cc1. The van der Waals surface area contributed by atoms with Crippen LogP contribution in [0.4, 0.5) is 11.4 Å². The summed E-state index contributed by atoms with van der Waals surface area (Å²) >= 11 is 3.82. The maximum Gasteiger partial charge on any atom is 0.234 e. The summed E-state index contributed by atoms with van der Waals surface area (Å²) in [5, 5.41) is 32.0. The molecular weight excluding hydrogens is 432 g/mol. The molecule has 2 aromatic carbocycles. The van der Waals surface area contributed by atoms with Crippen LogP contribution in [0.1, 0.15) is 0 Å². The lowest BCUT2D eigenvalue weighted by Crippen LogP contribution is -2.13. The van der Waals surface area contributed by atoms with Gasteiger partial charge in [0.15, 0.2) is 8.68 Å². The van der Waals surface area contributed by atoms with Crippen molar-refractivity contribution in [2.75, 3.05) is 22.1 Å². The summed E-state index contributed by atoms with van der Waals surface area (Å²) in [5.41, 5.74) is 1.20. The number of benzene rings is 2. The first-order chi connectivity index (χ1) is 14.0. The minimum atomic E-state index is -0.196. The second-order valence-corrected chi connectivity index (χ2v) is 9.02. The van der Waals surface area contributed by atoms with Gasteiger partial charge in [0.25, 0.3) is 0 Å². The van der Waals surface area contributed by atoms with Gasteiger partial charge in [0.2, 0.25) is 11.8 Å². The first kappa shape index (κ1) is 21.0.